The van der Waals surface area contributed by atoms with Gasteiger partial charge in [0.05, 0.1) is 6.10 Å². The van der Waals surface area contributed by atoms with Gasteiger partial charge in [-0.3, -0.25) is 4.79 Å². The van der Waals surface area contributed by atoms with Gasteiger partial charge in [-0.05, 0) is 50.6 Å². The van der Waals surface area contributed by atoms with E-state index < -0.39 is 0 Å². The van der Waals surface area contributed by atoms with E-state index in [9.17, 15) is 9.90 Å². The summed E-state index contributed by atoms with van der Waals surface area (Å²) in [6, 6.07) is 7.65. The Morgan fingerprint density at radius 2 is 2.00 bits per heavy atom. The van der Waals surface area contributed by atoms with Crippen LogP contribution in [0.4, 0.5) is 0 Å². The highest BCUT2D eigenvalue weighted by Gasteiger charge is 2.15. The van der Waals surface area contributed by atoms with Crippen LogP contribution in [0.25, 0.3) is 0 Å². The fourth-order valence-electron chi connectivity index (χ4n) is 2.81. The lowest BCUT2D eigenvalue weighted by Crippen LogP contribution is -2.36. The third-order valence-electron chi connectivity index (χ3n) is 4.04. The topological polar surface area (TPSA) is 73.8 Å². The summed E-state index contributed by atoms with van der Waals surface area (Å²) in [6.45, 7) is 6.77. The molecule has 134 valence electrons. The molecule has 6 heteroatoms. The molecule has 1 aliphatic rings. The van der Waals surface area contributed by atoms with Crippen LogP contribution in [0.15, 0.2) is 24.3 Å². The van der Waals surface area contributed by atoms with Gasteiger partial charge in [0.1, 0.15) is 5.75 Å². The van der Waals surface area contributed by atoms with Gasteiger partial charge in [-0.25, -0.2) is 0 Å². The first-order chi connectivity index (χ1) is 11.7. The maximum Gasteiger partial charge on any atom is 0.257 e. The first-order valence-electron chi connectivity index (χ1n) is 8.77. The maximum atomic E-state index is 11.3. The van der Waals surface area contributed by atoms with Crippen LogP contribution in [-0.4, -0.2) is 61.3 Å². The SMILES string of the molecule is CCNC(=O)COc1ccc(CNCC(O)CN2CCCC2)cc1. The van der Waals surface area contributed by atoms with E-state index in [4.69, 9.17) is 4.74 Å². The fourth-order valence-corrected chi connectivity index (χ4v) is 2.81. The minimum Gasteiger partial charge on any atom is -0.484 e. The maximum absolute atomic E-state index is 11.3. The molecule has 0 radical (unpaired) electrons. The van der Waals surface area contributed by atoms with Crippen LogP contribution in [0.1, 0.15) is 25.3 Å². The van der Waals surface area contributed by atoms with Gasteiger partial charge in [0.15, 0.2) is 6.61 Å². The van der Waals surface area contributed by atoms with Gasteiger partial charge >= 0.3 is 0 Å². The van der Waals surface area contributed by atoms with Crippen molar-refractivity contribution in [3.05, 3.63) is 29.8 Å². The van der Waals surface area contributed by atoms with E-state index in [0.717, 1.165) is 25.2 Å². The number of carbonyl (C=O) groups is 1. The Bertz CT molecular complexity index is 487. The molecule has 0 aliphatic carbocycles. The largest absolute Gasteiger partial charge is 0.484 e. The van der Waals surface area contributed by atoms with Crippen molar-refractivity contribution in [1.29, 1.82) is 0 Å². The Balaban J connectivity index is 1.63. The molecular formula is C18H29N3O3. The minimum atomic E-state index is -0.331. The van der Waals surface area contributed by atoms with E-state index in [1.165, 1.54) is 12.8 Å². The Kier molecular flexibility index (Phi) is 8.01. The highest BCUT2D eigenvalue weighted by atomic mass is 16.5. The quantitative estimate of drug-likeness (QED) is 0.588. The molecule has 24 heavy (non-hydrogen) atoms. The number of rotatable bonds is 10. The molecule has 1 aliphatic heterocycles. The second kappa shape index (κ2) is 10.3. The lowest BCUT2D eigenvalue weighted by atomic mass is 10.2. The number of hydrogen-bond donors (Lipinski definition) is 3. The number of likely N-dealkylation sites (tertiary alicyclic amines) is 1. The normalized spacial score (nSPS) is 16.1. The summed E-state index contributed by atoms with van der Waals surface area (Å²) in [5.41, 5.74) is 1.12. The second-order valence-corrected chi connectivity index (χ2v) is 6.18. The number of nitrogens with zero attached hydrogens (tertiary/aromatic N) is 1. The monoisotopic (exact) mass is 335 g/mol. The molecule has 2 rings (SSSR count). The second-order valence-electron chi connectivity index (χ2n) is 6.18. The van der Waals surface area contributed by atoms with Crippen molar-refractivity contribution in [2.45, 2.75) is 32.4 Å². The van der Waals surface area contributed by atoms with Crippen molar-refractivity contribution in [2.75, 3.05) is 39.3 Å². The van der Waals surface area contributed by atoms with E-state index in [1.54, 1.807) is 0 Å². The number of aliphatic hydroxyl groups is 1. The van der Waals surface area contributed by atoms with Crippen LogP contribution >= 0.6 is 0 Å². The zero-order chi connectivity index (χ0) is 17.2. The van der Waals surface area contributed by atoms with Crippen LogP contribution in [0.5, 0.6) is 5.75 Å². The van der Waals surface area contributed by atoms with Crippen LogP contribution in [-0.2, 0) is 11.3 Å². The van der Waals surface area contributed by atoms with Gasteiger partial charge in [-0.15, -0.1) is 0 Å². The molecule has 0 aromatic heterocycles. The molecule has 0 saturated carbocycles. The Morgan fingerprint density at radius 3 is 2.67 bits per heavy atom. The number of β-amino-alcohol motifs (C(OH)–C–C–N with tert-alkyl or cyclic N) is 1. The number of benzene rings is 1. The molecule has 6 nitrogen and oxygen atoms in total. The average molecular weight is 335 g/mol. The van der Waals surface area contributed by atoms with Crippen LogP contribution < -0.4 is 15.4 Å². The minimum absolute atomic E-state index is 0.0358. The van der Waals surface area contributed by atoms with Crippen LogP contribution in [0.3, 0.4) is 0 Å². The smallest absolute Gasteiger partial charge is 0.257 e. The van der Waals surface area contributed by atoms with Crippen LogP contribution in [0.2, 0.25) is 0 Å². The molecular weight excluding hydrogens is 306 g/mol. The van der Waals surface area contributed by atoms with Crippen molar-refractivity contribution in [3.63, 3.8) is 0 Å². The van der Waals surface area contributed by atoms with E-state index in [2.05, 4.69) is 15.5 Å². The Morgan fingerprint density at radius 1 is 1.29 bits per heavy atom. The fraction of sp³-hybridized carbons (Fsp3) is 0.611. The molecule has 1 unspecified atom stereocenters. The highest BCUT2D eigenvalue weighted by Crippen LogP contribution is 2.12. The van der Waals surface area contributed by atoms with Gasteiger partial charge in [0, 0.05) is 26.2 Å². The van der Waals surface area contributed by atoms with E-state index in [1.807, 2.05) is 31.2 Å². The molecule has 0 spiro atoms. The predicted octanol–water partition coefficient (Wildman–Crippen LogP) is 0.748. The first kappa shape index (κ1) is 18.7. The summed E-state index contributed by atoms with van der Waals surface area (Å²) in [5, 5.41) is 16.0. The van der Waals surface area contributed by atoms with Gasteiger partial charge in [-0.2, -0.15) is 0 Å². The summed E-state index contributed by atoms with van der Waals surface area (Å²) in [4.78, 5) is 13.7. The standard InChI is InChI=1S/C18H29N3O3/c1-2-20-18(23)14-24-17-7-5-15(6-8-17)11-19-12-16(22)13-21-9-3-4-10-21/h5-8,16,19,22H,2-4,9-14H2,1H3,(H,20,23). The summed E-state index contributed by atoms with van der Waals surface area (Å²) in [7, 11) is 0. The van der Waals surface area contributed by atoms with E-state index in [0.29, 0.717) is 25.4 Å². The molecule has 1 aromatic carbocycles. The molecule has 1 amide bonds. The van der Waals surface area contributed by atoms with Crippen molar-refractivity contribution in [3.8, 4) is 5.75 Å². The Labute approximate surface area is 144 Å². The summed E-state index contributed by atoms with van der Waals surface area (Å²) < 4.78 is 5.41. The number of likely N-dealkylation sites (N-methyl/N-ethyl adjacent to an activating group) is 1. The average Bonchev–Trinajstić information content (AvgIpc) is 3.07. The zero-order valence-electron chi connectivity index (χ0n) is 14.5. The molecule has 1 aromatic rings. The van der Waals surface area contributed by atoms with Gasteiger partial charge < -0.3 is 25.4 Å². The highest BCUT2D eigenvalue weighted by molar-refractivity contribution is 5.77. The van der Waals surface area contributed by atoms with E-state index >= 15 is 0 Å². The number of aliphatic hydroxyl groups excluding tert-OH is 1. The molecule has 1 saturated heterocycles. The zero-order valence-corrected chi connectivity index (χ0v) is 14.5. The first-order valence-corrected chi connectivity index (χ1v) is 8.77. The van der Waals surface area contributed by atoms with Gasteiger partial charge in [0.25, 0.3) is 5.91 Å². The van der Waals surface area contributed by atoms with E-state index in [-0.39, 0.29) is 18.6 Å². The number of amides is 1. The van der Waals surface area contributed by atoms with Crippen LogP contribution in [0, 0.1) is 0 Å². The van der Waals surface area contributed by atoms with Crippen molar-refractivity contribution in [1.82, 2.24) is 15.5 Å². The summed E-state index contributed by atoms with van der Waals surface area (Å²) in [5.74, 6) is 0.564. The molecule has 1 heterocycles. The summed E-state index contributed by atoms with van der Waals surface area (Å²) in [6.07, 6.45) is 2.16. The van der Waals surface area contributed by atoms with Crippen molar-refractivity contribution < 1.29 is 14.6 Å². The van der Waals surface area contributed by atoms with Crippen molar-refractivity contribution >= 4 is 5.91 Å². The predicted molar refractivity (Wildman–Crippen MR) is 94.0 cm³/mol. The number of nitrogens with one attached hydrogen (secondary N) is 2. The lowest BCUT2D eigenvalue weighted by Gasteiger charge is -2.19. The molecule has 1 atom stereocenters. The third-order valence-corrected chi connectivity index (χ3v) is 4.04. The Hall–Kier alpha value is -1.63. The summed E-state index contributed by atoms with van der Waals surface area (Å²) >= 11 is 0. The lowest BCUT2D eigenvalue weighted by molar-refractivity contribution is -0.122. The molecule has 3 N–H and O–H groups in total. The van der Waals surface area contributed by atoms with Crippen molar-refractivity contribution in [2.24, 2.45) is 0 Å². The third kappa shape index (κ3) is 6.86. The number of carbonyl (C=O) groups excluding carboxylic acids is 1. The number of hydrogen-bond acceptors (Lipinski definition) is 5. The molecule has 1 fully saturated rings. The van der Waals surface area contributed by atoms with Gasteiger partial charge in [0.2, 0.25) is 0 Å². The van der Waals surface area contributed by atoms with Gasteiger partial charge in [-0.1, -0.05) is 12.1 Å². The molecule has 0 bridgehead atoms. The number of ether oxygens (including phenoxy) is 1.